The third-order valence-electron chi connectivity index (χ3n) is 3.50. The predicted molar refractivity (Wildman–Crippen MR) is 92.6 cm³/mol. The molecule has 0 aromatic rings. The fourth-order valence-corrected chi connectivity index (χ4v) is 2.65. The molecule has 2 rings (SSSR count). The summed E-state index contributed by atoms with van der Waals surface area (Å²) >= 11 is 1.59. The molecular formula is C15H21N5O3S. The van der Waals surface area contributed by atoms with Crippen LogP contribution in [0.25, 0.3) is 0 Å². The van der Waals surface area contributed by atoms with Gasteiger partial charge in [0.25, 0.3) is 5.91 Å². The summed E-state index contributed by atoms with van der Waals surface area (Å²) in [4.78, 5) is 27.5. The van der Waals surface area contributed by atoms with Gasteiger partial charge in [0, 0.05) is 19.3 Å². The molecule has 9 heteroatoms. The number of fused-ring (bicyclic) bond motifs is 1. The average molecular weight is 351 g/mol. The van der Waals surface area contributed by atoms with Gasteiger partial charge in [0.2, 0.25) is 5.91 Å². The van der Waals surface area contributed by atoms with Crippen molar-refractivity contribution in [3.05, 3.63) is 23.7 Å². The Morgan fingerprint density at radius 2 is 2.25 bits per heavy atom. The number of allylic oxidation sites excluding steroid dienone is 1. The smallest absolute Gasteiger partial charge is 0.277 e. The summed E-state index contributed by atoms with van der Waals surface area (Å²) in [5.74, 6) is 0.0755. The molecule has 0 radical (unpaired) electrons. The van der Waals surface area contributed by atoms with Crippen molar-refractivity contribution in [2.75, 3.05) is 25.1 Å². The first-order valence-corrected chi connectivity index (χ1v) is 9.12. The first-order valence-electron chi connectivity index (χ1n) is 7.72. The van der Waals surface area contributed by atoms with E-state index >= 15 is 0 Å². The zero-order valence-electron chi connectivity index (χ0n) is 13.4. The summed E-state index contributed by atoms with van der Waals surface area (Å²) in [6, 6.07) is 0. The molecule has 8 nitrogen and oxygen atoms in total. The van der Waals surface area contributed by atoms with E-state index in [0.717, 1.165) is 5.75 Å². The van der Waals surface area contributed by atoms with Crippen molar-refractivity contribution in [1.29, 1.82) is 0 Å². The number of dihydropyridines is 1. The number of carbonyl (C=O) groups is 2. The molecule has 2 heterocycles. The van der Waals surface area contributed by atoms with Crippen LogP contribution in [0.4, 0.5) is 0 Å². The second-order valence-electron chi connectivity index (χ2n) is 5.28. The van der Waals surface area contributed by atoms with E-state index in [-0.39, 0.29) is 11.8 Å². The number of azo groups is 1. The number of thioether (sulfide) groups is 1. The Morgan fingerprint density at radius 1 is 1.42 bits per heavy atom. The number of hydrogen-bond acceptors (Lipinski definition) is 7. The largest absolute Gasteiger partial charge is 0.383 e. The fraction of sp³-hybridized carbons (Fsp3) is 0.533. The molecule has 0 aromatic carbocycles. The van der Waals surface area contributed by atoms with Gasteiger partial charge in [-0.05, 0) is 30.9 Å². The highest BCUT2D eigenvalue weighted by atomic mass is 32.2. The van der Waals surface area contributed by atoms with Gasteiger partial charge < -0.3 is 15.7 Å². The van der Waals surface area contributed by atoms with E-state index in [1.54, 1.807) is 30.1 Å². The Morgan fingerprint density at radius 3 is 3.04 bits per heavy atom. The van der Waals surface area contributed by atoms with Gasteiger partial charge in [-0.25, -0.2) is 0 Å². The van der Waals surface area contributed by atoms with Crippen LogP contribution >= 0.6 is 11.8 Å². The van der Waals surface area contributed by atoms with E-state index in [4.69, 9.17) is 0 Å². The minimum absolute atomic E-state index is 0.324. The minimum atomic E-state index is -0.961. The SMILES string of the molecule is CSCCC(O)C(=O)NCCCNC1=C2N=CC=CC2C(=O)N=N1. The molecule has 0 spiro atoms. The molecule has 2 unspecified atom stereocenters. The second kappa shape index (κ2) is 9.33. The topological polar surface area (TPSA) is 116 Å². The summed E-state index contributed by atoms with van der Waals surface area (Å²) < 4.78 is 0. The lowest BCUT2D eigenvalue weighted by molar-refractivity contribution is -0.129. The van der Waals surface area contributed by atoms with E-state index in [0.29, 0.717) is 37.4 Å². The van der Waals surface area contributed by atoms with Gasteiger partial charge in [-0.1, -0.05) is 6.08 Å². The number of hydrogen-bond donors (Lipinski definition) is 3. The van der Waals surface area contributed by atoms with Gasteiger partial charge in [-0.15, -0.1) is 10.2 Å². The molecule has 0 fully saturated rings. The van der Waals surface area contributed by atoms with Crippen molar-refractivity contribution in [3.8, 4) is 0 Å². The number of carbonyl (C=O) groups excluding carboxylic acids is 2. The van der Waals surface area contributed by atoms with Crippen LogP contribution in [0.3, 0.4) is 0 Å². The zero-order valence-corrected chi connectivity index (χ0v) is 14.3. The molecule has 130 valence electrons. The molecule has 3 N–H and O–H groups in total. The molecule has 0 saturated carbocycles. The highest BCUT2D eigenvalue weighted by Gasteiger charge is 2.28. The number of aliphatic imine (C=N–C) groups is 1. The average Bonchev–Trinajstić information content (AvgIpc) is 2.61. The standard InChI is InChI=1S/C15H21N5O3S/c1-24-9-5-11(21)15(23)18-8-3-7-17-13-12-10(4-2-6-16-12)14(22)20-19-13/h2,4,6,10-11,17,21H,3,5,7-9H2,1H3,(H,18,23). The number of nitrogens with one attached hydrogen (secondary N) is 2. The zero-order chi connectivity index (χ0) is 17.4. The molecule has 2 amide bonds. The van der Waals surface area contributed by atoms with Gasteiger partial charge in [0.15, 0.2) is 5.82 Å². The van der Waals surface area contributed by atoms with E-state index in [9.17, 15) is 14.7 Å². The Balaban J connectivity index is 1.72. The summed E-state index contributed by atoms with van der Waals surface area (Å²) in [5, 5.41) is 22.9. The lowest BCUT2D eigenvalue weighted by Gasteiger charge is -2.19. The van der Waals surface area contributed by atoms with Gasteiger partial charge >= 0.3 is 0 Å². The maximum atomic E-state index is 11.6. The lowest BCUT2D eigenvalue weighted by Crippen LogP contribution is -2.36. The van der Waals surface area contributed by atoms with E-state index < -0.39 is 12.0 Å². The van der Waals surface area contributed by atoms with E-state index in [2.05, 4.69) is 25.9 Å². The van der Waals surface area contributed by atoms with Gasteiger partial charge in [0.1, 0.15) is 17.7 Å². The van der Waals surface area contributed by atoms with Gasteiger partial charge in [-0.3, -0.25) is 14.6 Å². The van der Waals surface area contributed by atoms with E-state index in [1.165, 1.54) is 0 Å². The number of rotatable bonds is 9. The van der Waals surface area contributed by atoms with Crippen LogP contribution in [0.2, 0.25) is 0 Å². The molecule has 0 aromatic heterocycles. The quantitative estimate of drug-likeness (QED) is 0.527. The molecule has 2 atom stereocenters. The van der Waals surface area contributed by atoms with Crippen molar-refractivity contribution >= 4 is 29.8 Å². The monoisotopic (exact) mass is 351 g/mol. The van der Waals surface area contributed by atoms with Crippen LogP contribution in [-0.4, -0.2) is 54.3 Å². The number of amides is 2. The molecule has 0 saturated heterocycles. The summed E-state index contributed by atoms with van der Waals surface area (Å²) in [6.07, 6.45) is 7.12. The normalized spacial score (nSPS) is 20.1. The molecule has 24 heavy (non-hydrogen) atoms. The lowest BCUT2D eigenvalue weighted by atomic mass is 10.0. The Bertz CT molecular complexity index is 600. The van der Waals surface area contributed by atoms with Crippen molar-refractivity contribution < 1.29 is 14.7 Å². The number of aliphatic hydroxyl groups is 1. The first kappa shape index (κ1) is 18.3. The van der Waals surface area contributed by atoms with Crippen molar-refractivity contribution in [3.63, 3.8) is 0 Å². The summed E-state index contributed by atoms with van der Waals surface area (Å²) in [7, 11) is 0. The molecule has 2 aliphatic heterocycles. The summed E-state index contributed by atoms with van der Waals surface area (Å²) in [5.41, 5.74) is 0.564. The number of nitrogens with zero attached hydrogens (tertiary/aromatic N) is 3. The third-order valence-corrected chi connectivity index (χ3v) is 4.14. The van der Waals surface area contributed by atoms with Crippen molar-refractivity contribution in [1.82, 2.24) is 10.6 Å². The maximum absolute atomic E-state index is 11.6. The van der Waals surface area contributed by atoms with Crippen LogP contribution < -0.4 is 10.6 Å². The first-order chi connectivity index (χ1) is 11.6. The third kappa shape index (κ3) is 5.00. The van der Waals surface area contributed by atoms with Crippen molar-refractivity contribution in [2.45, 2.75) is 18.9 Å². The molecule has 0 bridgehead atoms. The van der Waals surface area contributed by atoms with Crippen molar-refractivity contribution in [2.24, 2.45) is 21.1 Å². The van der Waals surface area contributed by atoms with Crippen LogP contribution in [-0.2, 0) is 9.59 Å². The molecule has 2 aliphatic rings. The predicted octanol–water partition coefficient (Wildman–Crippen LogP) is 0.615. The minimum Gasteiger partial charge on any atom is -0.383 e. The number of aliphatic hydroxyl groups excluding tert-OH is 1. The van der Waals surface area contributed by atoms with Gasteiger partial charge in [0.05, 0.1) is 0 Å². The Kier molecular flexibility index (Phi) is 7.13. The highest BCUT2D eigenvalue weighted by molar-refractivity contribution is 7.98. The van der Waals surface area contributed by atoms with Crippen LogP contribution in [0.5, 0.6) is 0 Å². The second-order valence-corrected chi connectivity index (χ2v) is 6.27. The van der Waals surface area contributed by atoms with Gasteiger partial charge in [-0.2, -0.15) is 11.8 Å². The van der Waals surface area contributed by atoms with Crippen LogP contribution in [0.1, 0.15) is 12.8 Å². The maximum Gasteiger partial charge on any atom is 0.277 e. The molecule has 0 aliphatic carbocycles. The van der Waals surface area contributed by atoms with E-state index in [1.807, 2.05) is 6.26 Å². The summed E-state index contributed by atoms with van der Waals surface area (Å²) in [6.45, 7) is 0.979. The Labute approximate surface area is 144 Å². The van der Waals surface area contributed by atoms with Crippen LogP contribution in [0.15, 0.2) is 38.9 Å². The highest BCUT2D eigenvalue weighted by Crippen LogP contribution is 2.26. The Hall–Kier alpha value is -2.00. The molecular weight excluding hydrogens is 330 g/mol. The fourth-order valence-electron chi connectivity index (χ4n) is 2.19. The van der Waals surface area contributed by atoms with Crippen LogP contribution in [0, 0.1) is 5.92 Å².